The number of rotatable bonds is 16. The maximum Gasteiger partial charge on any atom is 0.410 e. The fraction of sp³-hybridized carbons (Fsp3) is 0.622. The minimum absolute atomic E-state index is 0.0274. The van der Waals surface area contributed by atoms with Gasteiger partial charge in [0.1, 0.15) is 18.2 Å². The first-order valence-electron chi connectivity index (χ1n) is 17.0. The smallest absolute Gasteiger partial charge is 0.410 e. The highest BCUT2D eigenvalue weighted by Gasteiger charge is 2.36. The molecule has 9 heteroatoms. The highest BCUT2D eigenvalue weighted by molar-refractivity contribution is 5.68. The Morgan fingerprint density at radius 2 is 1.80 bits per heavy atom. The van der Waals surface area contributed by atoms with Crippen LogP contribution in [0.1, 0.15) is 90.7 Å². The number of carbonyl (C=O) groups is 3. The van der Waals surface area contributed by atoms with E-state index in [1.807, 2.05) is 56.4 Å². The average Bonchev–Trinajstić information content (AvgIpc) is 3.07. The highest BCUT2D eigenvalue weighted by atomic mass is 16.6. The van der Waals surface area contributed by atoms with Gasteiger partial charge in [0.25, 0.3) is 0 Å². The Morgan fingerprint density at radius 1 is 1.09 bits per heavy atom. The largest absolute Gasteiger partial charge is 0.439 e. The molecule has 2 fully saturated rings. The Hall–Kier alpha value is -3.14. The van der Waals surface area contributed by atoms with Gasteiger partial charge in [0, 0.05) is 62.4 Å². The number of aliphatic hydroxyl groups is 2. The number of amides is 1. The van der Waals surface area contributed by atoms with E-state index in [-0.39, 0.29) is 31.1 Å². The highest BCUT2D eigenvalue weighted by Crippen LogP contribution is 2.27. The van der Waals surface area contributed by atoms with Gasteiger partial charge in [-0.3, -0.25) is 9.88 Å². The summed E-state index contributed by atoms with van der Waals surface area (Å²) in [6, 6.07) is 6.41. The van der Waals surface area contributed by atoms with Crippen LogP contribution in [-0.4, -0.2) is 93.7 Å². The first kappa shape index (κ1) is 37.3. The van der Waals surface area contributed by atoms with Crippen molar-refractivity contribution in [3.8, 4) is 0 Å². The molecule has 0 aromatic carbocycles. The second-order valence-corrected chi connectivity index (χ2v) is 13.3. The van der Waals surface area contributed by atoms with Crippen molar-refractivity contribution in [3.63, 3.8) is 0 Å². The van der Waals surface area contributed by atoms with Crippen molar-refractivity contribution >= 4 is 18.7 Å². The molecule has 2 N–H and O–H groups in total. The predicted molar refractivity (Wildman–Crippen MR) is 180 cm³/mol. The summed E-state index contributed by atoms with van der Waals surface area (Å²) in [6.45, 7) is 10.2. The fourth-order valence-electron chi connectivity index (χ4n) is 6.37. The Bertz CT molecular complexity index is 1170. The lowest BCUT2D eigenvalue weighted by Gasteiger charge is -2.41. The van der Waals surface area contributed by atoms with Gasteiger partial charge in [-0.1, -0.05) is 69.1 Å². The molecule has 1 aromatic heterocycles. The molecule has 0 bridgehead atoms. The third kappa shape index (κ3) is 11.6. The van der Waals surface area contributed by atoms with Crippen LogP contribution < -0.4 is 0 Å². The molecule has 0 radical (unpaired) electrons. The zero-order valence-corrected chi connectivity index (χ0v) is 28.2. The molecule has 1 saturated carbocycles. The summed E-state index contributed by atoms with van der Waals surface area (Å²) in [5.41, 5.74) is 0.334. The zero-order valence-electron chi connectivity index (χ0n) is 28.2. The first-order valence-corrected chi connectivity index (χ1v) is 17.0. The number of aromatic nitrogens is 1. The van der Waals surface area contributed by atoms with E-state index in [0.717, 1.165) is 30.6 Å². The van der Waals surface area contributed by atoms with Crippen molar-refractivity contribution in [1.82, 2.24) is 14.8 Å². The predicted octanol–water partition coefficient (Wildman–Crippen LogP) is 5.63. The van der Waals surface area contributed by atoms with E-state index in [4.69, 9.17) is 4.74 Å². The van der Waals surface area contributed by atoms with E-state index in [0.29, 0.717) is 25.4 Å². The van der Waals surface area contributed by atoms with E-state index in [2.05, 4.69) is 16.8 Å². The number of aldehydes is 2. The number of hydrogen-bond acceptors (Lipinski definition) is 8. The Balaban J connectivity index is 1.68. The number of hydrogen-bond donors (Lipinski definition) is 2. The minimum atomic E-state index is -1.51. The lowest BCUT2D eigenvalue weighted by atomic mass is 9.86. The van der Waals surface area contributed by atoms with Crippen molar-refractivity contribution < 1.29 is 29.3 Å². The van der Waals surface area contributed by atoms with E-state index < -0.39 is 29.8 Å². The molecule has 1 aromatic rings. The molecule has 2 aliphatic rings. The molecule has 2 heterocycles. The maximum atomic E-state index is 13.4. The van der Waals surface area contributed by atoms with Crippen LogP contribution in [-0.2, 0) is 14.3 Å². The first-order chi connectivity index (χ1) is 22.1. The Kier molecular flexibility index (Phi) is 15.3. The average molecular weight is 638 g/mol. The lowest BCUT2D eigenvalue weighted by Crippen LogP contribution is -2.53. The SMILES string of the molecule is C/C(=C\C=C\[C@H](C)c1ccccn1)[C@@H](C=O)[C@@H](C)/C=C/[C@H](OC(=O)N1CCN(C2CCCCC2)CC1)[C@@](C)(O)CC[C@H](O)CC=O. The van der Waals surface area contributed by atoms with Crippen molar-refractivity contribution in [2.45, 2.75) is 109 Å². The maximum absolute atomic E-state index is 13.4. The fourth-order valence-corrected chi connectivity index (χ4v) is 6.37. The molecule has 3 rings (SSSR count). The van der Waals surface area contributed by atoms with Crippen LogP contribution in [0.2, 0.25) is 0 Å². The summed E-state index contributed by atoms with van der Waals surface area (Å²) in [5, 5.41) is 21.6. The zero-order chi connectivity index (χ0) is 33.5. The second-order valence-electron chi connectivity index (χ2n) is 13.3. The van der Waals surface area contributed by atoms with E-state index in [9.17, 15) is 24.6 Å². The second kappa shape index (κ2) is 18.9. The number of allylic oxidation sites excluding steroid dienone is 5. The van der Waals surface area contributed by atoms with E-state index in [1.54, 1.807) is 24.1 Å². The number of aliphatic hydroxyl groups excluding tert-OH is 1. The van der Waals surface area contributed by atoms with Crippen LogP contribution >= 0.6 is 0 Å². The Labute approximate surface area is 275 Å². The monoisotopic (exact) mass is 637 g/mol. The van der Waals surface area contributed by atoms with Crippen LogP contribution in [0.15, 0.2) is 60.3 Å². The number of pyridine rings is 1. The minimum Gasteiger partial charge on any atom is -0.439 e. The molecule has 0 spiro atoms. The number of ether oxygens (including phenoxy) is 1. The van der Waals surface area contributed by atoms with Crippen LogP contribution in [0.25, 0.3) is 0 Å². The van der Waals surface area contributed by atoms with Gasteiger partial charge in [-0.15, -0.1) is 0 Å². The van der Waals surface area contributed by atoms with Gasteiger partial charge >= 0.3 is 6.09 Å². The topological polar surface area (TPSA) is 120 Å². The van der Waals surface area contributed by atoms with Gasteiger partial charge in [-0.25, -0.2) is 4.79 Å². The van der Waals surface area contributed by atoms with E-state index in [1.165, 1.54) is 32.1 Å². The normalized spacial score (nSPS) is 21.8. The molecular weight excluding hydrogens is 582 g/mol. The van der Waals surface area contributed by atoms with Crippen molar-refractivity contribution in [1.29, 1.82) is 0 Å². The third-order valence-corrected chi connectivity index (χ3v) is 9.60. The van der Waals surface area contributed by atoms with Gasteiger partial charge in [-0.2, -0.15) is 0 Å². The number of piperazine rings is 1. The molecule has 1 saturated heterocycles. The molecule has 1 amide bonds. The summed E-state index contributed by atoms with van der Waals surface area (Å²) in [7, 11) is 0. The summed E-state index contributed by atoms with van der Waals surface area (Å²) in [6.07, 6.45) is 16.8. The molecular formula is C37H55N3O6. The van der Waals surface area contributed by atoms with Crippen molar-refractivity contribution in [2.24, 2.45) is 11.8 Å². The molecule has 6 atom stereocenters. The Morgan fingerprint density at radius 3 is 2.43 bits per heavy atom. The quantitative estimate of drug-likeness (QED) is 0.136. The van der Waals surface area contributed by atoms with Crippen molar-refractivity contribution in [3.05, 3.63) is 66.0 Å². The molecule has 254 valence electrons. The van der Waals surface area contributed by atoms with Gasteiger partial charge in [-0.05, 0) is 63.7 Å². The van der Waals surface area contributed by atoms with Gasteiger partial charge in [0.15, 0.2) is 6.10 Å². The van der Waals surface area contributed by atoms with Crippen LogP contribution in [0.5, 0.6) is 0 Å². The standard InChI is InChI=1S/C37H55N3O6/c1-28(11-10-12-30(3)34-15-8-9-21-38-34)33(27-42)29(2)16-17-35(37(4,45)20-18-32(43)19-26-41)46-36(44)40-24-22-39(23-25-40)31-13-6-5-7-14-31/h8-12,15-17,21,26-27,29-33,35,43,45H,5-7,13-14,18-20,22-25H2,1-4H3/b12-10+,17-16+,28-11+/t29-,30-,32-,33+,35-,37-/m0/s1. The molecule has 1 aliphatic carbocycles. The van der Waals surface area contributed by atoms with E-state index >= 15 is 0 Å². The van der Waals surface area contributed by atoms with Gasteiger partial charge in [0.2, 0.25) is 0 Å². The molecule has 0 unspecified atom stereocenters. The van der Waals surface area contributed by atoms with Crippen LogP contribution in [0, 0.1) is 11.8 Å². The number of nitrogens with zero attached hydrogens (tertiary/aromatic N) is 3. The van der Waals surface area contributed by atoms with Crippen molar-refractivity contribution in [2.75, 3.05) is 26.2 Å². The molecule has 46 heavy (non-hydrogen) atoms. The van der Waals surface area contributed by atoms with Crippen LogP contribution in [0.4, 0.5) is 4.79 Å². The summed E-state index contributed by atoms with van der Waals surface area (Å²) in [5.74, 6) is -0.545. The lowest BCUT2D eigenvalue weighted by molar-refractivity contribution is -0.111. The van der Waals surface area contributed by atoms with Crippen LogP contribution in [0.3, 0.4) is 0 Å². The van der Waals surface area contributed by atoms with Gasteiger partial charge in [0.05, 0.1) is 6.10 Å². The summed E-state index contributed by atoms with van der Waals surface area (Å²) < 4.78 is 5.95. The molecule has 1 aliphatic heterocycles. The third-order valence-electron chi connectivity index (χ3n) is 9.60. The summed E-state index contributed by atoms with van der Waals surface area (Å²) >= 11 is 0. The summed E-state index contributed by atoms with van der Waals surface area (Å²) in [4.78, 5) is 45.0. The number of carbonyl (C=O) groups excluding carboxylic acids is 3. The molecule has 9 nitrogen and oxygen atoms in total. The van der Waals surface area contributed by atoms with Gasteiger partial charge < -0.3 is 29.4 Å².